The molecule has 0 aromatic carbocycles. The molecule has 0 radical (unpaired) electrons. The van der Waals surface area contributed by atoms with Crippen LogP contribution < -0.4 is 0 Å². The molecular weight excluding hydrogens is 202 g/mol. The van der Waals surface area contributed by atoms with E-state index in [2.05, 4.69) is 44.1 Å². The van der Waals surface area contributed by atoms with Crippen molar-refractivity contribution in [3.8, 4) is 0 Å². The number of fused-ring (bicyclic) bond motifs is 1. The summed E-state index contributed by atoms with van der Waals surface area (Å²) in [5, 5.41) is 3.44. The SMILES string of the molecule is CC(C)c1ncc2ccsc2c1C(C)C. The molecule has 0 saturated heterocycles. The van der Waals surface area contributed by atoms with E-state index in [9.17, 15) is 0 Å². The first-order valence-electron chi connectivity index (χ1n) is 5.47. The smallest absolute Gasteiger partial charge is 0.0478 e. The molecule has 0 bridgehead atoms. The van der Waals surface area contributed by atoms with Crippen LogP contribution in [0.5, 0.6) is 0 Å². The van der Waals surface area contributed by atoms with E-state index in [4.69, 9.17) is 0 Å². The fraction of sp³-hybridized carbons (Fsp3) is 0.462. The van der Waals surface area contributed by atoms with E-state index in [1.165, 1.54) is 21.3 Å². The number of pyridine rings is 1. The fourth-order valence-corrected chi connectivity index (χ4v) is 3.06. The normalized spacial score (nSPS) is 11.9. The zero-order valence-electron chi connectivity index (χ0n) is 9.74. The van der Waals surface area contributed by atoms with Gasteiger partial charge in [-0.15, -0.1) is 11.3 Å². The second-order valence-electron chi connectivity index (χ2n) is 4.57. The average molecular weight is 219 g/mol. The Hall–Kier alpha value is -0.890. The van der Waals surface area contributed by atoms with Crippen LogP contribution in [0.4, 0.5) is 0 Å². The molecular formula is C13H17NS. The molecule has 0 amide bonds. The number of hydrogen-bond acceptors (Lipinski definition) is 2. The standard InChI is InChI=1S/C13H17NS/c1-8(2)11-12(9(3)4)14-7-10-5-6-15-13(10)11/h5-9H,1-4H3. The zero-order valence-corrected chi connectivity index (χ0v) is 10.6. The molecule has 0 aliphatic heterocycles. The lowest BCUT2D eigenvalue weighted by Crippen LogP contribution is -2.01. The Labute approximate surface area is 95.2 Å². The third kappa shape index (κ3) is 1.78. The first kappa shape index (κ1) is 10.6. The van der Waals surface area contributed by atoms with Gasteiger partial charge >= 0.3 is 0 Å². The number of thiophene rings is 1. The van der Waals surface area contributed by atoms with Crippen LogP contribution in [0.2, 0.25) is 0 Å². The Balaban J connectivity index is 2.75. The highest BCUT2D eigenvalue weighted by Crippen LogP contribution is 2.34. The van der Waals surface area contributed by atoms with Crippen molar-refractivity contribution in [2.45, 2.75) is 39.5 Å². The second kappa shape index (κ2) is 3.93. The van der Waals surface area contributed by atoms with E-state index in [0.29, 0.717) is 11.8 Å². The van der Waals surface area contributed by atoms with Crippen molar-refractivity contribution in [2.75, 3.05) is 0 Å². The summed E-state index contributed by atoms with van der Waals surface area (Å²) in [6.07, 6.45) is 2.01. The minimum absolute atomic E-state index is 0.508. The van der Waals surface area contributed by atoms with Crippen LogP contribution in [0, 0.1) is 0 Å². The third-order valence-corrected chi connectivity index (χ3v) is 3.65. The van der Waals surface area contributed by atoms with Crippen LogP contribution in [-0.2, 0) is 0 Å². The van der Waals surface area contributed by atoms with Gasteiger partial charge in [0, 0.05) is 22.0 Å². The molecule has 2 heteroatoms. The summed E-state index contributed by atoms with van der Waals surface area (Å²) in [6, 6.07) is 2.16. The molecule has 2 heterocycles. The lowest BCUT2D eigenvalue weighted by Gasteiger charge is -2.15. The van der Waals surface area contributed by atoms with E-state index >= 15 is 0 Å². The van der Waals surface area contributed by atoms with Gasteiger partial charge in [0.15, 0.2) is 0 Å². The Morgan fingerprint density at radius 2 is 1.87 bits per heavy atom. The van der Waals surface area contributed by atoms with Crippen molar-refractivity contribution in [1.82, 2.24) is 4.98 Å². The van der Waals surface area contributed by atoms with E-state index in [1.807, 2.05) is 17.5 Å². The van der Waals surface area contributed by atoms with Crippen molar-refractivity contribution < 1.29 is 0 Å². The third-order valence-electron chi connectivity index (χ3n) is 2.68. The molecule has 0 atom stereocenters. The van der Waals surface area contributed by atoms with Crippen LogP contribution in [-0.4, -0.2) is 4.98 Å². The van der Waals surface area contributed by atoms with Crippen LogP contribution in [0.15, 0.2) is 17.6 Å². The van der Waals surface area contributed by atoms with Gasteiger partial charge in [0.1, 0.15) is 0 Å². The van der Waals surface area contributed by atoms with E-state index in [-0.39, 0.29) is 0 Å². The van der Waals surface area contributed by atoms with Crippen molar-refractivity contribution >= 4 is 21.4 Å². The van der Waals surface area contributed by atoms with Crippen molar-refractivity contribution in [1.29, 1.82) is 0 Å². The Morgan fingerprint density at radius 1 is 1.13 bits per heavy atom. The van der Waals surface area contributed by atoms with Crippen molar-refractivity contribution in [2.24, 2.45) is 0 Å². The number of hydrogen-bond donors (Lipinski definition) is 0. The zero-order chi connectivity index (χ0) is 11.0. The molecule has 2 aromatic heterocycles. The molecule has 80 valence electrons. The summed E-state index contributed by atoms with van der Waals surface area (Å²) in [5.74, 6) is 1.06. The minimum Gasteiger partial charge on any atom is -0.260 e. The van der Waals surface area contributed by atoms with Crippen molar-refractivity contribution in [3.63, 3.8) is 0 Å². The first-order chi connectivity index (χ1) is 7.11. The van der Waals surface area contributed by atoms with Crippen LogP contribution in [0.1, 0.15) is 50.8 Å². The quantitative estimate of drug-likeness (QED) is 0.722. The van der Waals surface area contributed by atoms with Gasteiger partial charge in [-0.25, -0.2) is 0 Å². The van der Waals surface area contributed by atoms with Gasteiger partial charge in [-0.05, 0) is 28.8 Å². The molecule has 0 fully saturated rings. The Morgan fingerprint density at radius 3 is 2.47 bits per heavy atom. The molecule has 0 N–H and O–H groups in total. The van der Waals surface area contributed by atoms with Gasteiger partial charge in [0.25, 0.3) is 0 Å². The molecule has 0 spiro atoms. The molecule has 0 aliphatic carbocycles. The van der Waals surface area contributed by atoms with E-state index < -0.39 is 0 Å². The number of aromatic nitrogens is 1. The summed E-state index contributed by atoms with van der Waals surface area (Å²) in [5.41, 5.74) is 2.71. The molecule has 0 saturated carbocycles. The van der Waals surface area contributed by atoms with Crippen molar-refractivity contribution in [3.05, 3.63) is 28.9 Å². The number of rotatable bonds is 2. The largest absolute Gasteiger partial charge is 0.260 e. The highest BCUT2D eigenvalue weighted by atomic mass is 32.1. The molecule has 0 aliphatic rings. The maximum absolute atomic E-state index is 4.61. The molecule has 2 rings (SSSR count). The Bertz CT molecular complexity index is 468. The minimum atomic E-state index is 0.508. The monoisotopic (exact) mass is 219 g/mol. The molecule has 2 aromatic rings. The maximum Gasteiger partial charge on any atom is 0.0478 e. The van der Waals surface area contributed by atoms with E-state index in [1.54, 1.807) is 0 Å². The molecule has 1 nitrogen and oxygen atoms in total. The topological polar surface area (TPSA) is 12.9 Å². The van der Waals surface area contributed by atoms with E-state index in [0.717, 1.165) is 0 Å². The van der Waals surface area contributed by atoms with Crippen LogP contribution >= 0.6 is 11.3 Å². The van der Waals surface area contributed by atoms with Crippen LogP contribution in [0.25, 0.3) is 10.1 Å². The molecule has 15 heavy (non-hydrogen) atoms. The summed E-state index contributed by atoms with van der Waals surface area (Å²) in [6.45, 7) is 8.94. The highest BCUT2D eigenvalue weighted by molar-refractivity contribution is 7.17. The lowest BCUT2D eigenvalue weighted by atomic mass is 9.95. The molecule has 0 unspecified atom stereocenters. The van der Waals surface area contributed by atoms with Crippen LogP contribution in [0.3, 0.4) is 0 Å². The number of nitrogens with zero attached hydrogens (tertiary/aromatic N) is 1. The van der Waals surface area contributed by atoms with Gasteiger partial charge in [-0.3, -0.25) is 4.98 Å². The summed E-state index contributed by atoms with van der Waals surface area (Å²) >= 11 is 1.83. The summed E-state index contributed by atoms with van der Waals surface area (Å²) in [4.78, 5) is 4.61. The second-order valence-corrected chi connectivity index (χ2v) is 5.49. The fourth-order valence-electron chi connectivity index (χ4n) is 1.98. The highest BCUT2D eigenvalue weighted by Gasteiger charge is 2.15. The Kier molecular flexibility index (Phi) is 2.79. The van der Waals surface area contributed by atoms with Gasteiger partial charge in [-0.1, -0.05) is 27.7 Å². The lowest BCUT2D eigenvalue weighted by molar-refractivity contribution is 0.767. The average Bonchev–Trinajstić information content (AvgIpc) is 2.62. The summed E-state index contributed by atoms with van der Waals surface area (Å²) in [7, 11) is 0. The van der Waals surface area contributed by atoms with Gasteiger partial charge in [0.2, 0.25) is 0 Å². The predicted molar refractivity (Wildman–Crippen MR) is 67.8 cm³/mol. The first-order valence-corrected chi connectivity index (χ1v) is 6.35. The summed E-state index contributed by atoms with van der Waals surface area (Å²) < 4.78 is 1.42. The van der Waals surface area contributed by atoms with Gasteiger partial charge in [-0.2, -0.15) is 0 Å². The van der Waals surface area contributed by atoms with Gasteiger partial charge in [0.05, 0.1) is 0 Å². The maximum atomic E-state index is 4.61. The predicted octanol–water partition coefficient (Wildman–Crippen LogP) is 4.54. The van der Waals surface area contributed by atoms with Gasteiger partial charge < -0.3 is 0 Å².